The van der Waals surface area contributed by atoms with Gasteiger partial charge in [-0.15, -0.1) is 0 Å². The predicted molar refractivity (Wildman–Crippen MR) is 101 cm³/mol. The van der Waals surface area contributed by atoms with E-state index in [-0.39, 0.29) is 5.56 Å². The molecule has 0 saturated carbocycles. The first kappa shape index (κ1) is 20.3. The smallest absolute Gasteiger partial charge is 0.350 e. The van der Waals surface area contributed by atoms with Crippen LogP contribution in [0.1, 0.15) is 16.1 Å². The van der Waals surface area contributed by atoms with Crippen molar-refractivity contribution in [2.45, 2.75) is 19.1 Å². The number of nitrogens with zero attached hydrogens (tertiary/aromatic N) is 2. The molecular weight excluding hydrogens is 369 g/mol. The molecule has 1 saturated heterocycles. The molecule has 2 heterocycles. The molecular formula is C20H23F3N4O. The zero-order valence-corrected chi connectivity index (χ0v) is 15.6. The van der Waals surface area contributed by atoms with Gasteiger partial charge < -0.3 is 10.6 Å². The van der Waals surface area contributed by atoms with Gasteiger partial charge in [-0.3, -0.25) is 14.7 Å². The van der Waals surface area contributed by atoms with Gasteiger partial charge in [0.2, 0.25) is 0 Å². The molecule has 1 aliphatic heterocycles. The van der Waals surface area contributed by atoms with Crippen molar-refractivity contribution in [3.05, 3.63) is 53.7 Å². The maximum absolute atomic E-state index is 13.5. The van der Waals surface area contributed by atoms with E-state index in [0.717, 1.165) is 5.56 Å². The van der Waals surface area contributed by atoms with E-state index in [0.29, 0.717) is 37.6 Å². The van der Waals surface area contributed by atoms with E-state index in [1.165, 1.54) is 4.90 Å². The Morgan fingerprint density at radius 3 is 2.46 bits per heavy atom. The van der Waals surface area contributed by atoms with Gasteiger partial charge >= 0.3 is 6.18 Å². The molecule has 1 aromatic heterocycles. The van der Waals surface area contributed by atoms with Crippen LogP contribution in [0.5, 0.6) is 0 Å². The number of aryl methyl sites for hydroxylation is 1. The van der Waals surface area contributed by atoms with Crippen molar-refractivity contribution in [2.75, 3.05) is 32.7 Å². The molecule has 3 rings (SSSR count). The summed E-state index contributed by atoms with van der Waals surface area (Å²) >= 11 is 0. The monoisotopic (exact) mass is 392 g/mol. The third kappa shape index (κ3) is 4.88. The zero-order valence-electron chi connectivity index (χ0n) is 15.6. The molecule has 5 nitrogen and oxygen atoms in total. The average Bonchev–Trinajstić information content (AvgIpc) is 2.68. The van der Waals surface area contributed by atoms with E-state index < -0.39 is 24.7 Å². The second-order valence-electron chi connectivity index (χ2n) is 6.75. The minimum atomic E-state index is -4.41. The Hall–Kier alpha value is -2.45. The molecule has 1 unspecified atom stereocenters. The molecule has 0 aliphatic carbocycles. The lowest BCUT2D eigenvalue weighted by atomic mass is 10.1. The van der Waals surface area contributed by atoms with Crippen molar-refractivity contribution in [2.24, 2.45) is 0 Å². The number of nitrogens with one attached hydrogen (secondary N) is 2. The summed E-state index contributed by atoms with van der Waals surface area (Å²) in [5, 5.41) is 5.48. The highest BCUT2D eigenvalue weighted by molar-refractivity contribution is 5.95. The second-order valence-corrected chi connectivity index (χ2v) is 6.75. The number of alkyl halides is 3. The van der Waals surface area contributed by atoms with Gasteiger partial charge in [-0.05, 0) is 19.1 Å². The van der Waals surface area contributed by atoms with E-state index in [1.54, 1.807) is 19.1 Å². The van der Waals surface area contributed by atoms with Crippen LogP contribution in [0.3, 0.4) is 0 Å². The minimum Gasteiger partial charge on any atom is -0.350 e. The number of hydrogen-bond acceptors (Lipinski definition) is 4. The van der Waals surface area contributed by atoms with E-state index in [9.17, 15) is 18.0 Å². The van der Waals surface area contributed by atoms with E-state index in [1.807, 2.05) is 30.3 Å². The Labute approximate surface area is 162 Å². The Balaban J connectivity index is 1.69. The van der Waals surface area contributed by atoms with E-state index in [2.05, 4.69) is 15.6 Å². The maximum atomic E-state index is 13.5. The van der Waals surface area contributed by atoms with Gasteiger partial charge in [0, 0.05) is 38.3 Å². The molecule has 1 aliphatic rings. The first-order valence-corrected chi connectivity index (χ1v) is 9.19. The second kappa shape index (κ2) is 8.70. The van der Waals surface area contributed by atoms with Gasteiger partial charge in [-0.1, -0.05) is 30.3 Å². The number of aromatic nitrogens is 1. The van der Waals surface area contributed by atoms with Crippen LogP contribution in [-0.4, -0.2) is 60.7 Å². The van der Waals surface area contributed by atoms with Gasteiger partial charge in [-0.2, -0.15) is 13.2 Å². The van der Waals surface area contributed by atoms with Gasteiger partial charge in [0.1, 0.15) is 6.04 Å². The molecule has 28 heavy (non-hydrogen) atoms. The lowest BCUT2D eigenvalue weighted by Crippen LogP contribution is -2.57. The minimum absolute atomic E-state index is 0.279. The van der Waals surface area contributed by atoms with Crippen molar-refractivity contribution < 1.29 is 18.0 Å². The normalized spacial score (nSPS) is 16.6. The molecule has 1 aromatic carbocycles. The molecule has 2 N–H and O–H groups in total. The zero-order chi connectivity index (χ0) is 20.1. The van der Waals surface area contributed by atoms with Crippen LogP contribution in [0.2, 0.25) is 0 Å². The Kier molecular flexibility index (Phi) is 6.31. The first-order chi connectivity index (χ1) is 13.4. The van der Waals surface area contributed by atoms with Crippen molar-refractivity contribution in [3.63, 3.8) is 0 Å². The number of hydrogen-bond donors (Lipinski definition) is 2. The highest BCUT2D eigenvalue weighted by Crippen LogP contribution is 2.25. The van der Waals surface area contributed by atoms with Crippen LogP contribution in [-0.2, 0) is 0 Å². The largest absolute Gasteiger partial charge is 0.405 e. The molecule has 8 heteroatoms. The number of benzene rings is 1. The summed E-state index contributed by atoms with van der Waals surface area (Å²) < 4.78 is 40.4. The SMILES string of the molecule is Cc1nc(-c2ccccc2)ccc1C(=O)NCC(N1CCNCC1)C(F)(F)F. The predicted octanol–water partition coefficient (Wildman–Crippen LogP) is 2.62. The van der Waals surface area contributed by atoms with Crippen molar-refractivity contribution in [3.8, 4) is 11.3 Å². The Morgan fingerprint density at radius 2 is 1.86 bits per heavy atom. The van der Waals surface area contributed by atoms with Gasteiger partial charge in [0.05, 0.1) is 17.0 Å². The summed E-state index contributed by atoms with van der Waals surface area (Å²) in [4.78, 5) is 18.3. The molecule has 150 valence electrons. The molecule has 0 bridgehead atoms. The van der Waals surface area contributed by atoms with Crippen molar-refractivity contribution in [1.82, 2.24) is 20.5 Å². The summed E-state index contributed by atoms with van der Waals surface area (Å²) in [5.74, 6) is -0.547. The fraction of sp³-hybridized carbons (Fsp3) is 0.400. The van der Waals surface area contributed by atoms with Crippen LogP contribution in [0.4, 0.5) is 13.2 Å². The van der Waals surface area contributed by atoms with Gasteiger partial charge in [0.25, 0.3) is 5.91 Å². The summed E-state index contributed by atoms with van der Waals surface area (Å²) in [6, 6.07) is 11.1. The molecule has 1 amide bonds. The quantitative estimate of drug-likeness (QED) is 0.822. The summed E-state index contributed by atoms with van der Waals surface area (Å²) in [7, 11) is 0. The number of pyridine rings is 1. The first-order valence-electron chi connectivity index (χ1n) is 9.19. The molecule has 1 fully saturated rings. The van der Waals surface area contributed by atoms with Crippen molar-refractivity contribution in [1.29, 1.82) is 0 Å². The van der Waals surface area contributed by atoms with Gasteiger partial charge in [0.15, 0.2) is 0 Å². The summed E-state index contributed by atoms with van der Waals surface area (Å²) in [6.07, 6.45) is -4.41. The van der Waals surface area contributed by atoms with Crippen molar-refractivity contribution >= 4 is 5.91 Å². The third-order valence-corrected chi connectivity index (χ3v) is 4.83. The number of halogens is 3. The Bertz CT molecular complexity index is 805. The standard InChI is InChI=1S/C20H23F3N4O/c1-14-16(7-8-17(26-14)15-5-3-2-4-6-15)19(28)25-13-18(20(21,22)23)27-11-9-24-10-12-27/h2-8,18,24H,9-13H2,1H3,(H,25,28). The van der Waals surface area contributed by atoms with Crippen LogP contribution < -0.4 is 10.6 Å². The summed E-state index contributed by atoms with van der Waals surface area (Å²) in [5.41, 5.74) is 2.38. The Morgan fingerprint density at radius 1 is 1.18 bits per heavy atom. The lowest BCUT2D eigenvalue weighted by molar-refractivity contribution is -0.183. The average molecular weight is 392 g/mol. The van der Waals surface area contributed by atoms with Gasteiger partial charge in [-0.25, -0.2) is 0 Å². The molecule has 0 radical (unpaired) electrons. The molecule has 2 aromatic rings. The highest BCUT2D eigenvalue weighted by atomic mass is 19.4. The third-order valence-electron chi connectivity index (χ3n) is 4.83. The number of piperazine rings is 1. The fourth-order valence-electron chi connectivity index (χ4n) is 3.30. The number of amides is 1. The van der Waals surface area contributed by atoms with E-state index in [4.69, 9.17) is 0 Å². The highest BCUT2D eigenvalue weighted by Gasteiger charge is 2.43. The maximum Gasteiger partial charge on any atom is 0.405 e. The number of rotatable bonds is 5. The molecule has 1 atom stereocenters. The number of carbonyl (C=O) groups is 1. The van der Waals surface area contributed by atoms with Crippen LogP contribution in [0.25, 0.3) is 11.3 Å². The number of carbonyl (C=O) groups excluding carboxylic acids is 1. The van der Waals surface area contributed by atoms with Crippen LogP contribution in [0.15, 0.2) is 42.5 Å². The molecule has 0 spiro atoms. The van der Waals surface area contributed by atoms with Crippen LogP contribution >= 0.6 is 0 Å². The van der Waals surface area contributed by atoms with E-state index >= 15 is 0 Å². The summed E-state index contributed by atoms with van der Waals surface area (Å²) in [6.45, 7) is 2.80. The van der Waals surface area contributed by atoms with Crippen LogP contribution in [0, 0.1) is 6.92 Å². The topological polar surface area (TPSA) is 57.3 Å². The fourth-order valence-corrected chi connectivity index (χ4v) is 3.30. The lowest BCUT2D eigenvalue weighted by Gasteiger charge is -2.35.